The van der Waals surface area contributed by atoms with Crippen molar-refractivity contribution in [2.24, 2.45) is 0 Å². The average molecular weight is 326 g/mol. The van der Waals surface area contributed by atoms with Gasteiger partial charge in [-0.3, -0.25) is 14.4 Å². The van der Waals surface area contributed by atoms with E-state index in [0.29, 0.717) is 0 Å². The van der Waals surface area contributed by atoms with E-state index in [1.54, 1.807) is 0 Å². The van der Waals surface area contributed by atoms with Gasteiger partial charge in [-0.25, -0.2) is 4.79 Å². The molecule has 0 fully saturated rings. The number of aliphatic hydroxyl groups excluding tert-OH is 1. The molecule has 20 heavy (non-hydrogen) atoms. The molecule has 8 nitrogen and oxygen atoms in total. The third-order valence-corrected chi connectivity index (χ3v) is 2.35. The van der Waals surface area contributed by atoms with Crippen LogP contribution in [0.25, 0.3) is 0 Å². The van der Waals surface area contributed by atoms with Crippen LogP contribution in [0.5, 0.6) is 0 Å². The van der Waals surface area contributed by atoms with Crippen LogP contribution < -0.4 is 0 Å². The molecular formula is C10H14O8S2. The minimum atomic E-state index is -2.85. The third-order valence-electron chi connectivity index (χ3n) is 1.83. The molecule has 0 aliphatic heterocycles. The molecule has 10 heteroatoms. The summed E-state index contributed by atoms with van der Waals surface area (Å²) in [6.07, 6.45) is 0. The Bertz CT molecular complexity index is 377. The Morgan fingerprint density at radius 1 is 1.05 bits per heavy atom. The summed E-state index contributed by atoms with van der Waals surface area (Å²) < 4.78 is 13.7. The number of Topliss-reactive ketones (excluding diaryl/α,β-unsaturated/α-hetero) is 1. The van der Waals surface area contributed by atoms with Crippen LogP contribution in [0.4, 0.5) is 0 Å². The summed E-state index contributed by atoms with van der Waals surface area (Å²) >= 11 is 7.23. The Morgan fingerprint density at radius 3 is 1.80 bits per heavy atom. The predicted octanol–water partition coefficient (Wildman–Crippen LogP) is -1.25. The Morgan fingerprint density at radius 2 is 1.50 bits per heavy atom. The zero-order chi connectivity index (χ0) is 15.8. The fourth-order valence-corrected chi connectivity index (χ4v) is 1.14. The molecule has 0 heterocycles. The van der Waals surface area contributed by atoms with Gasteiger partial charge in [0.05, 0.1) is 18.1 Å². The Labute approximate surface area is 125 Å². The van der Waals surface area contributed by atoms with Crippen molar-refractivity contribution in [3.8, 4) is 0 Å². The Balaban J connectivity index is 5.42. The molecule has 114 valence electrons. The molecule has 0 bridgehead atoms. The largest absolute Gasteiger partial charge is 0.457 e. The van der Waals surface area contributed by atoms with Crippen LogP contribution in [0, 0.1) is 0 Å². The topological polar surface area (TPSA) is 116 Å². The van der Waals surface area contributed by atoms with E-state index >= 15 is 0 Å². The lowest BCUT2D eigenvalue weighted by Crippen LogP contribution is -2.54. The molecular weight excluding hydrogens is 312 g/mol. The van der Waals surface area contributed by atoms with Gasteiger partial charge in [-0.15, -0.1) is 0 Å². The number of thiol groups is 2. The van der Waals surface area contributed by atoms with Crippen LogP contribution in [0.15, 0.2) is 0 Å². The van der Waals surface area contributed by atoms with Crippen LogP contribution in [-0.2, 0) is 33.4 Å². The van der Waals surface area contributed by atoms with E-state index in [0.717, 1.165) is 6.92 Å². The van der Waals surface area contributed by atoms with Gasteiger partial charge < -0.3 is 19.3 Å². The van der Waals surface area contributed by atoms with Gasteiger partial charge in [0.15, 0.2) is 0 Å². The summed E-state index contributed by atoms with van der Waals surface area (Å²) in [4.78, 5) is 45.9. The van der Waals surface area contributed by atoms with Crippen molar-refractivity contribution in [1.29, 1.82) is 0 Å². The number of aliphatic hydroxyl groups is 1. The van der Waals surface area contributed by atoms with E-state index in [1.807, 2.05) is 0 Å². The van der Waals surface area contributed by atoms with Gasteiger partial charge in [-0.05, 0) is 0 Å². The number of hydrogen-bond donors (Lipinski definition) is 3. The molecule has 0 saturated heterocycles. The maximum Gasteiger partial charge on any atom is 0.417 e. The van der Waals surface area contributed by atoms with Crippen LogP contribution in [0.1, 0.15) is 6.92 Å². The second kappa shape index (κ2) is 8.82. The van der Waals surface area contributed by atoms with Gasteiger partial charge >= 0.3 is 23.7 Å². The van der Waals surface area contributed by atoms with E-state index in [9.17, 15) is 19.2 Å². The van der Waals surface area contributed by atoms with Gasteiger partial charge in [0.1, 0.15) is 6.61 Å². The second-order valence-electron chi connectivity index (χ2n) is 3.30. The Kier molecular flexibility index (Phi) is 8.26. The first-order valence-electron chi connectivity index (χ1n) is 5.28. The highest BCUT2D eigenvalue weighted by atomic mass is 32.1. The van der Waals surface area contributed by atoms with Crippen molar-refractivity contribution in [3.05, 3.63) is 0 Å². The predicted molar refractivity (Wildman–Crippen MR) is 71.3 cm³/mol. The summed E-state index contributed by atoms with van der Waals surface area (Å²) in [7, 11) is 0. The minimum absolute atomic E-state index is 0.458. The molecule has 0 amide bonds. The first-order chi connectivity index (χ1) is 9.33. The van der Waals surface area contributed by atoms with Crippen molar-refractivity contribution in [2.75, 3.05) is 24.7 Å². The fourth-order valence-electron chi connectivity index (χ4n) is 1.01. The molecule has 0 aliphatic rings. The van der Waals surface area contributed by atoms with Gasteiger partial charge in [0, 0.05) is 6.92 Å². The van der Waals surface area contributed by atoms with Gasteiger partial charge in [-0.1, -0.05) is 0 Å². The number of esters is 3. The normalized spacial score (nSPS) is 10.6. The first-order valence-corrected chi connectivity index (χ1v) is 6.55. The molecule has 0 aromatic heterocycles. The minimum Gasteiger partial charge on any atom is -0.457 e. The van der Waals surface area contributed by atoms with E-state index in [4.69, 9.17) is 5.11 Å². The highest BCUT2D eigenvalue weighted by Gasteiger charge is 2.53. The maximum atomic E-state index is 11.8. The molecule has 0 aromatic carbocycles. The monoisotopic (exact) mass is 326 g/mol. The number of carbonyl (C=O) groups excluding carboxylic acids is 4. The summed E-state index contributed by atoms with van der Waals surface area (Å²) in [5.41, 5.74) is 0. The molecule has 0 saturated carbocycles. The van der Waals surface area contributed by atoms with Crippen LogP contribution in [0.3, 0.4) is 0 Å². The molecule has 0 rings (SSSR count). The lowest BCUT2D eigenvalue weighted by molar-refractivity contribution is -0.233. The Hall–Kier alpha value is -1.26. The highest BCUT2D eigenvalue weighted by Crippen LogP contribution is 2.19. The lowest BCUT2D eigenvalue weighted by Gasteiger charge is -2.27. The van der Waals surface area contributed by atoms with E-state index in [-0.39, 0.29) is 0 Å². The van der Waals surface area contributed by atoms with E-state index in [2.05, 4.69) is 39.5 Å². The quantitative estimate of drug-likeness (QED) is 0.219. The van der Waals surface area contributed by atoms with Crippen molar-refractivity contribution in [3.63, 3.8) is 0 Å². The number of ketones is 1. The van der Waals surface area contributed by atoms with Crippen LogP contribution in [0.2, 0.25) is 0 Å². The third kappa shape index (κ3) is 5.02. The van der Waals surface area contributed by atoms with Crippen molar-refractivity contribution in [1.82, 2.24) is 0 Å². The number of carbonyl (C=O) groups is 4. The van der Waals surface area contributed by atoms with Crippen LogP contribution >= 0.6 is 25.3 Å². The van der Waals surface area contributed by atoms with Crippen LogP contribution in [-0.4, -0.2) is 59.3 Å². The highest BCUT2D eigenvalue weighted by molar-refractivity contribution is 7.81. The molecule has 0 aromatic rings. The molecule has 0 spiro atoms. The molecule has 1 N–H and O–H groups in total. The number of ether oxygens (including phenoxy) is 3. The zero-order valence-corrected chi connectivity index (χ0v) is 12.3. The van der Waals surface area contributed by atoms with Crippen molar-refractivity contribution < 1.29 is 38.5 Å². The zero-order valence-electron chi connectivity index (χ0n) is 10.5. The molecule has 0 unspecified atom stereocenters. The standard InChI is InChI=1S/C10H14O8S2/c1-6(12)10(17-7(13)4-19,18-8(14)5-20)9(15)16-3-2-11/h11,19-20H,2-5H2,1H3. The number of rotatable bonds is 8. The van der Waals surface area contributed by atoms with Crippen molar-refractivity contribution >= 4 is 48.9 Å². The van der Waals surface area contributed by atoms with E-state index < -0.39 is 54.2 Å². The van der Waals surface area contributed by atoms with Gasteiger partial charge in [-0.2, -0.15) is 25.3 Å². The smallest absolute Gasteiger partial charge is 0.417 e. The summed E-state index contributed by atoms with van der Waals surface area (Å²) in [6, 6.07) is 0. The second-order valence-corrected chi connectivity index (χ2v) is 3.93. The van der Waals surface area contributed by atoms with E-state index in [1.165, 1.54) is 0 Å². The maximum absolute atomic E-state index is 11.8. The average Bonchev–Trinajstić information content (AvgIpc) is 2.42. The fraction of sp³-hybridized carbons (Fsp3) is 0.600. The summed E-state index contributed by atoms with van der Waals surface area (Å²) in [5.74, 6) is -8.42. The molecule has 0 atom stereocenters. The summed E-state index contributed by atoms with van der Waals surface area (Å²) in [5, 5.41) is 8.57. The summed E-state index contributed by atoms with van der Waals surface area (Å²) in [6.45, 7) is -0.122. The molecule has 0 aliphatic carbocycles. The van der Waals surface area contributed by atoms with Crippen molar-refractivity contribution in [2.45, 2.75) is 12.7 Å². The van der Waals surface area contributed by atoms with Gasteiger partial charge in [0.2, 0.25) is 5.78 Å². The lowest BCUT2D eigenvalue weighted by atomic mass is 10.2. The molecule has 0 radical (unpaired) electrons. The number of hydrogen-bond acceptors (Lipinski definition) is 10. The van der Waals surface area contributed by atoms with Gasteiger partial charge in [0.25, 0.3) is 0 Å². The SMILES string of the molecule is CC(=O)C(OC(=O)CS)(OC(=O)CS)C(=O)OCCO. The first kappa shape index (κ1) is 18.7.